The molecule has 1 amide bonds. The molecule has 1 aromatic heterocycles. The minimum atomic E-state index is 0. The minimum Gasteiger partial charge on any atom is -0.316 e. The summed E-state index contributed by atoms with van der Waals surface area (Å²) in [5.41, 5.74) is 0. The van der Waals surface area contributed by atoms with Crippen LogP contribution >= 0.6 is 23.7 Å². The SMILES string of the molecule is Cc1nnc(NC(=O)[C@H]2CCNC2)s1.Cl. The van der Waals surface area contributed by atoms with Crippen LogP contribution in [0.1, 0.15) is 11.4 Å². The van der Waals surface area contributed by atoms with Gasteiger partial charge in [0.1, 0.15) is 5.01 Å². The maximum absolute atomic E-state index is 11.6. The van der Waals surface area contributed by atoms with Crippen LogP contribution in [-0.2, 0) is 4.79 Å². The zero-order valence-electron chi connectivity index (χ0n) is 8.32. The lowest BCUT2D eigenvalue weighted by molar-refractivity contribution is -0.119. The Hall–Kier alpha value is -0.720. The highest BCUT2D eigenvalue weighted by Crippen LogP contribution is 2.16. The lowest BCUT2D eigenvalue weighted by Crippen LogP contribution is -2.24. The normalized spacial score (nSPS) is 19.7. The minimum absolute atomic E-state index is 0. The van der Waals surface area contributed by atoms with E-state index >= 15 is 0 Å². The van der Waals surface area contributed by atoms with Gasteiger partial charge in [0.2, 0.25) is 11.0 Å². The van der Waals surface area contributed by atoms with Crippen LogP contribution in [0, 0.1) is 12.8 Å². The van der Waals surface area contributed by atoms with Gasteiger partial charge in [-0.1, -0.05) is 11.3 Å². The highest BCUT2D eigenvalue weighted by Gasteiger charge is 2.22. The predicted molar refractivity (Wildman–Crippen MR) is 61.5 cm³/mol. The largest absolute Gasteiger partial charge is 0.316 e. The molecule has 0 aliphatic carbocycles. The van der Waals surface area contributed by atoms with E-state index in [4.69, 9.17) is 0 Å². The molecule has 0 radical (unpaired) electrons. The molecule has 1 aromatic rings. The van der Waals surface area contributed by atoms with Crippen LogP contribution in [0.4, 0.5) is 5.13 Å². The van der Waals surface area contributed by atoms with E-state index in [1.807, 2.05) is 6.92 Å². The second-order valence-corrected chi connectivity index (χ2v) is 4.49. The maximum Gasteiger partial charge on any atom is 0.230 e. The van der Waals surface area contributed by atoms with Crippen molar-refractivity contribution in [2.24, 2.45) is 5.92 Å². The summed E-state index contributed by atoms with van der Waals surface area (Å²) < 4.78 is 0. The predicted octanol–water partition coefficient (Wildman–Crippen LogP) is 0.816. The molecule has 0 aromatic carbocycles. The van der Waals surface area contributed by atoms with Crippen molar-refractivity contribution in [1.29, 1.82) is 0 Å². The fraction of sp³-hybridized carbons (Fsp3) is 0.625. The third-order valence-corrected chi connectivity index (χ3v) is 2.94. The maximum atomic E-state index is 11.6. The van der Waals surface area contributed by atoms with Crippen molar-refractivity contribution in [3.05, 3.63) is 5.01 Å². The summed E-state index contributed by atoms with van der Waals surface area (Å²) in [6.07, 6.45) is 0.906. The van der Waals surface area contributed by atoms with E-state index in [0.717, 1.165) is 24.5 Å². The van der Waals surface area contributed by atoms with Crippen molar-refractivity contribution in [3.8, 4) is 0 Å². The van der Waals surface area contributed by atoms with Crippen LogP contribution in [0.25, 0.3) is 0 Å². The highest BCUT2D eigenvalue weighted by atomic mass is 35.5. The Morgan fingerprint density at radius 3 is 2.93 bits per heavy atom. The second kappa shape index (κ2) is 5.39. The number of nitrogens with one attached hydrogen (secondary N) is 2. The van der Waals surface area contributed by atoms with Gasteiger partial charge in [0.15, 0.2) is 0 Å². The van der Waals surface area contributed by atoms with E-state index in [1.54, 1.807) is 0 Å². The highest BCUT2D eigenvalue weighted by molar-refractivity contribution is 7.15. The van der Waals surface area contributed by atoms with Gasteiger partial charge in [0.25, 0.3) is 0 Å². The van der Waals surface area contributed by atoms with E-state index in [2.05, 4.69) is 20.8 Å². The molecule has 5 nitrogen and oxygen atoms in total. The van der Waals surface area contributed by atoms with Crippen molar-refractivity contribution >= 4 is 34.8 Å². The molecule has 1 aliphatic rings. The van der Waals surface area contributed by atoms with Gasteiger partial charge in [0, 0.05) is 6.54 Å². The number of anilines is 1. The van der Waals surface area contributed by atoms with E-state index in [-0.39, 0.29) is 24.2 Å². The first kappa shape index (κ1) is 12.4. The van der Waals surface area contributed by atoms with E-state index in [0.29, 0.717) is 5.13 Å². The molecule has 0 saturated carbocycles. The Bertz CT molecular complexity index is 337. The zero-order valence-corrected chi connectivity index (χ0v) is 9.95. The number of hydrogen-bond donors (Lipinski definition) is 2. The summed E-state index contributed by atoms with van der Waals surface area (Å²) in [5, 5.41) is 15.1. The Kier molecular flexibility index (Phi) is 4.44. The number of carbonyl (C=O) groups is 1. The van der Waals surface area contributed by atoms with Crippen molar-refractivity contribution < 1.29 is 4.79 Å². The van der Waals surface area contributed by atoms with Gasteiger partial charge in [-0.25, -0.2) is 0 Å². The summed E-state index contributed by atoms with van der Waals surface area (Å²) in [4.78, 5) is 11.6. The lowest BCUT2D eigenvalue weighted by atomic mass is 10.1. The Labute approximate surface area is 98.1 Å². The Morgan fingerprint density at radius 1 is 1.60 bits per heavy atom. The first-order valence-corrected chi connectivity index (χ1v) is 5.39. The van der Waals surface area contributed by atoms with Gasteiger partial charge in [-0.2, -0.15) is 0 Å². The molecular weight excluding hydrogens is 236 g/mol. The molecule has 7 heteroatoms. The summed E-state index contributed by atoms with van der Waals surface area (Å²) in [6.45, 7) is 3.56. The molecular formula is C8H13ClN4OS. The molecule has 84 valence electrons. The van der Waals surface area contributed by atoms with Crippen molar-refractivity contribution in [3.63, 3.8) is 0 Å². The molecule has 2 N–H and O–H groups in total. The van der Waals surface area contributed by atoms with Crippen molar-refractivity contribution in [2.45, 2.75) is 13.3 Å². The quantitative estimate of drug-likeness (QED) is 0.813. The average molecular weight is 249 g/mol. The van der Waals surface area contributed by atoms with Crippen LogP contribution in [0.2, 0.25) is 0 Å². The van der Waals surface area contributed by atoms with Crippen LogP contribution in [0.15, 0.2) is 0 Å². The van der Waals surface area contributed by atoms with Crippen LogP contribution in [-0.4, -0.2) is 29.2 Å². The van der Waals surface area contributed by atoms with Crippen LogP contribution in [0.3, 0.4) is 0 Å². The summed E-state index contributed by atoms with van der Waals surface area (Å²) in [5.74, 6) is 0.130. The topological polar surface area (TPSA) is 66.9 Å². The first-order valence-electron chi connectivity index (χ1n) is 4.57. The fourth-order valence-corrected chi connectivity index (χ4v) is 2.03. The van der Waals surface area contributed by atoms with Crippen LogP contribution in [0.5, 0.6) is 0 Å². The number of nitrogens with zero attached hydrogens (tertiary/aromatic N) is 2. The molecule has 2 rings (SSSR count). The third kappa shape index (κ3) is 3.12. The van der Waals surface area contributed by atoms with Crippen LogP contribution < -0.4 is 10.6 Å². The smallest absolute Gasteiger partial charge is 0.230 e. The van der Waals surface area contributed by atoms with E-state index in [1.165, 1.54) is 11.3 Å². The summed E-state index contributed by atoms with van der Waals surface area (Å²) in [6, 6.07) is 0. The average Bonchev–Trinajstić information content (AvgIpc) is 2.75. The Balaban J connectivity index is 0.00000112. The number of halogens is 1. The Morgan fingerprint density at radius 2 is 2.40 bits per heavy atom. The van der Waals surface area contributed by atoms with Crippen molar-refractivity contribution in [2.75, 3.05) is 18.4 Å². The van der Waals surface area contributed by atoms with E-state index < -0.39 is 0 Å². The molecule has 1 fully saturated rings. The number of aromatic nitrogens is 2. The molecule has 0 unspecified atom stereocenters. The molecule has 0 bridgehead atoms. The number of amides is 1. The second-order valence-electron chi connectivity index (χ2n) is 3.31. The lowest BCUT2D eigenvalue weighted by Gasteiger charge is -2.05. The third-order valence-electron chi connectivity index (χ3n) is 2.19. The van der Waals surface area contributed by atoms with Gasteiger partial charge in [-0.15, -0.1) is 22.6 Å². The molecule has 0 spiro atoms. The number of rotatable bonds is 2. The fourth-order valence-electron chi connectivity index (χ4n) is 1.43. The molecule has 15 heavy (non-hydrogen) atoms. The molecule has 2 heterocycles. The monoisotopic (exact) mass is 248 g/mol. The van der Waals surface area contributed by atoms with Gasteiger partial charge in [-0.05, 0) is 19.9 Å². The van der Waals surface area contributed by atoms with Crippen molar-refractivity contribution in [1.82, 2.24) is 15.5 Å². The number of aryl methyl sites for hydroxylation is 1. The van der Waals surface area contributed by atoms with Gasteiger partial charge < -0.3 is 10.6 Å². The van der Waals surface area contributed by atoms with Gasteiger partial charge in [0.05, 0.1) is 5.92 Å². The molecule has 1 atom stereocenters. The molecule has 1 saturated heterocycles. The summed E-state index contributed by atoms with van der Waals surface area (Å²) >= 11 is 1.40. The van der Waals surface area contributed by atoms with Gasteiger partial charge >= 0.3 is 0 Å². The molecule has 1 aliphatic heterocycles. The van der Waals surface area contributed by atoms with Gasteiger partial charge in [-0.3, -0.25) is 4.79 Å². The zero-order chi connectivity index (χ0) is 9.97. The van der Waals surface area contributed by atoms with E-state index in [9.17, 15) is 4.79 Å². The number of hydrogen-bond acceptors (Lipinski definition) is 5. The first-order chi connectivity index (χ1) is 6.75. The standard InChI is InChI=1S/C8H12N4OS.ClH/c1-5-11-12-8(14-5)10-7(13)6-2-3-9-4-6;/h6,9H,2-4H2,1H3,(H,10,12,13);1H/t6-;/m0./s1. The number of carbonyl (C=O) groups excluding carboxylic acids is 1. The summed E-state index contributed by atoms with van der Waals surface area (Å²) in [7, 11) is 0.